The first-order valence-electron chi connectivity index (χ1n) is 5.65. The molecule has 0 saturated heterocycles. The van der Waals surface area contributed by atoms with Gasteiger partial charge in [-0.15, -0.1) is 11.3 Å². The van der Waals surface area contributed by atoms with Crippen molar-refractivity contribution in [2.75, 3.05) is 0 Å². The fourth-order valence-corrected chi connectivity index (χ4v) is 2.60. The summed E-state index contributed by atoms with van der Waals surface area (Å²) in [5.74, 6) is -0.299. The van der Waals surface area contributed by atoms with Gasteiger partial charge in [0.1, 0.15) is 5.82 Å². The molecule has 0 aliphatic rings. The third-order valence-corrected chi connectivity index (χ3v) is 3.69. The van der Waals surface area contributed by atoms with E-state index in [-0.39, 0.29) is 11.9 Å². The van der Waals surface area contributed by atoms with E-state index in [9.17, 15) is 4.39 Å². The highest BCUT2D eigenvalue weighted by molar-refractivity contribution is 7.09. The fraction of sp³-hybridized carbons (Fsp3) is 0.308. The lowest BCUT2D eigenvalue weighted by Gasteiger charge is -2.11. The summed E-state index contributed by atoms with van der Waals surface area (Å²) in [6.07, 6.45) is 1.14. The Morgan fingerprint density at radius 3 is 2.83 bits per heavy atom. The van der Waals surface area contributed by atoms with Gasteiger partial charge in [-0.05, 0) is 31.0 Å². The normalized spacial score (nSPS) is 12.7. The molecule has 0 spiro atoms. The molecular formula is C13H14ClFN2S. The highest BCUT2D eigenvalue weighted by atomic mass is 35.5. The van der Waals surface area contributed by atoms with Crippen LogP contribution in [0.2, 0.25) is 5.02 Å². The summed E-state index contributed by atoms with van der Waals surface area (Å²) < 4.78 is 13.6. The van der Waals surface area contributed by atoms with Crippen LogP contribution in [-0.2, 0) is 12.8 Å². The molecule has 1 aromatic carbocycles. The Hall–Kier alpha value is -0.970. The number of aryl methyl sites for hydroxylation is 1. The number of benzene rings is 1. The van der Waals surface area contributed by atoms with Crippen LogP contribution in [-0.4, -0.2) is 11.0 Å². The molecule has 0 fully saturated rings. The van der Waals surface area contributed by atoms with E-state index in [1.165, 1.54) is 6.07 Å². The van der Waals surface area contributed by atoms with Crippen molar-refractivity contribution in [3.63, 3.8) is 0 Å². The van der Waals surface area contributed by atoms with Gasteiger partial charge in [0.25, 0.3) is 0 Å². The summed E-state index contributed by atoms with van der Waals surface area (Å²) in [4.78, 5) is 4.35. The highest BCUT2D eigenvalue weighted by Crippen LogP contribution is 2.17. The maximum Gasteiger partial charge on any atom is 0.127 e. The summed E-state index contributed by atoms with van der Waals surface area (Å²) in [5.41, 5.74) is 7.59. The lowest BCUT2D eigenvalue weighted by Crippen LogP contribution is -2.26. The Morgan fingerprint density at radius 1 is 1.44 bits per heavy atom. The van der Waals surface area contributed by atoms with E-state index in [1.54, 1.807) is 23.5 Å². The maximum absolute atomic E-state index is 13.6. The lowest BCUT2D eigenvalue weighted by molar-refractivity contribution is 0.582. The fourth-order valence-electron chi connectivity index (χ4n) is 1.81. The minimum atomic E-state index is -0.299. The first-order chi connectivity index (χ1) is 8.54. The summed E-state index contributed by atoms with van der Waals surface area (Å²) in [7, 11) is 0. The Morgan fingerprint density at radius 2 is 2.22 bits per heavy atom. The number of aromatic nitrogens is 1. The topological polar surface area (TPSA) is 38.9 Å². The largest absolute Gasteiger partial charge is 0.327 e. The zero-order valence-electron chi connectivity index (χ0n) is 9.99. The molecule has 2 N–H and O–H groups in total. The van der Waals surface area contributed by atoms with Crippen LogP contribution in [0.25, 0.3) is 0 Å². The molecule has 2 aromatic rings. The van der Waals surface area contributed by atoms with Crippen molar-refractivity contribution in [2.24, 2.45) is 5.73 Å². The molecule has 0 aliphatic heterocycles. The lowest BCUT2D eigenvalue weighted by atomic mass is 10.0. The molecule has 1 aromatic heterocycles. The molecule has 1 unspecified atom stereocenters. The molecule has 2 rings (SSSR count). The van der Waals surface area contributed by atoms with Crippen LogP contribution in [0.4, 0.5) is 4.39 Å². The number of rotatable bonds is 4. The van der Waals surface area contributed by atoms with E-state index in [4.69, 9.17) is 17.3 Å². The van der Waals surface area contributed by atoms with Gasteiger partial charge in [0, 0.05) is 22.9 Å². The molecule has 2 nitrogen and oxygen atoms in total. The molecular weight excluding hydrogens is 271 g/mol. The number of thiazole rings is 1. The monoisotopic (exact) mass is 284 g/mol. The predicted octanol–water partition coefficient (Wildman–Crippen LogP) is 3.36. The van der Waals surface area contributed by atoms with Crippen LogP contribution in [0.1, 0.15) is 16.3 Å². The number of hydrogen-bond donors (Lipinski definition) is 1. The average Bonchev–Trinajstić information content (AvgIpc) is 2.68. The van der Waals surface area contributed by atoms with Gasteiger partial charge in [-0.25, -0.2) is 9.37 Å². The van der Waals surface area contributed by atoms with Crippen molar-refractivity contribution in [3.05, 3.63) is 50.7 Å². The van der Waals surface area contributed by atoms with Gasteiger partial charge >= 0.3 is 0 Å². The number of nitrogens with two attached hydrogens (primary N) is 1. The summed E-state index contributed by atoms with van der Waals surface area (Å²) in [6.45, 7) is 1.96. The van der Waals surface area contributed by atoms with Crippen LogP contribution >= 0.6 is 22.9 Å². The first kappa shape index (κ1) is 13.5. The molecule has 0 bridgehead atoms. The van der Waals surface area contributed by atoms with E-state index >= 15 is 0 Å². The van der Waals surface area contributed by atoms with Crippen molar-refractivity contribution < 1.29 is 4.39 Å². The standard InChI is InChI=1S/C13H14ClFN2S/c1-8-17-12(7-18-8)6-11(16)4-9-2-3-10(14)5-13(9)15/h2-3,5,7,11H,4,6,16H2,1H3. The molecule has 0 aliphatic carbocycles. The molecule has 0 amide bonds. The third kappa shape index (κ3) is 3.51. The molecule has 18 heavy (non-hydrogen) atoms. The van der Waals surface area contributed by atoms with Gasteiger partial charge in [0.15, 0.2) is 0 Å². The van der Waals surface area contributed by atoms with Crippen LogP contribution in [0.3, 0.4) is 0 Å². The minimum absolute atomic E-state index is 0.137. The number of halogens is 2. The molecule has 0 saturated carbocycles. The zero-order chi connectivity index (χ0) is 13.1. The van der Waals surface area contributed by atoms with Gasteiger partial charge in [-0.1, -0.05) is 17.7 Å². The van der Waals surface area contributed by atoms with E-state index in [1.807, 2.05) is 12.3 Å². The maximum atomic E-state index is 13.6. The second kappa shape index (κ2) is 5.78. The van der Waals surface area contributed by atoms with Gasteiger partial charge < -0.3 is 5.73 Å². The number of nitrogens with zero attached hydrogens (tertiary/aromatic N) is 1. The molecule has 1 heterocycles. The predicted molar refractivity (Wildman–Crippen MR) is 73.6 cm³/mol. The van der Waals surface area contributed by atoms with E-state index < -0.39 is 0 Å². The highest BCUT2D eigenvalue weighted by Gasteiger charge is 2.11. The van der Waals surface area contributed by atoms with Crippen LogP contribution in [0.15, 0.2) is 23.6 Å². The van der Waals surface area contributed by atoms with E-state index in [0.717, 1.165) is 10.7 Å². The van der Waals surface area contributed by atoms with E-state index in [0.29, 0.717) is 23.4 Å². The summed E-state index contributed by atoms with van der Waals surface area (Å²) >= 11 is 7.31. The zero-order valence-corrected chi connectivity index (χ0v) is 11.6. The van der Waals surface area contributed by atoms with Gasteiger partial charge in [-0.2, -0.15) is 0 Å². The second-order valence-corrected chi connectivity index (χ2v) is 5.76. The SMILES string of the molecule is Cc1nc(CC(N)Cc2ccc(Cl)cc2F)cs1. The van der Waals surface area contributed by atoms with Gasteiger partial charge in [0.2, 0.25) is 0 Å². The van der Waals surface area contributed by atoms with Crippen molar-refractivity contribution in [1.82, 2.24) is 4.98 Å². The Kier molecular flexibility index (Phi) is 4.32. The molecule has 0 radical (unpaired) electrons. The summed E-state index contributed by atoms with van der Waals surface area (Å²) in [5, 5.41) is 3.42. The first-order valence-corrected chi connectivity index (χ1v) is 6.91. The average molecular weight is 285 g/mol. The van der Waals surface area contributed by atoms with E-state index in [2.05, 4.69) is 4.98 Å². The Balaban J connectivity index is 2.00. The Bertz CT molecular complexity index is 542. The quantitative estimate of drug-likeness (QED) is 0.935. The second-order valence-electron chi connectivity index (χ2n) is 4.26. The van der Waals surface area contributed by atoms with Crippen LogP contribution < -0.4 is 5.73 Å². The third-order valence-electron chi connectivity index (χ3n) is 2.64. The van der Waals surface area contributed by atoms with Crippen molar-refractivity contribution in [2.45, 2.75) is 25.8 Å². The number of hydrogen-bond acceptors (Lipinski definition) is 3. The minimum Gasteiger partial charge on any atom is -0.327 e. The molecule has 1 atom stereocenters. The smallest absolute Gasteiger partial charge is 0.127 e. The van der Waals surface area contributed by atoms with Crippen LogP contribution in [0, 0.1) is 12.7 Å². The molecule has 5 heteroatoms. The van der Waals surface area contributed by atoms with Crippen molar-refractivity contribution in [3.8, 4) is 0 Å². The Labute approximate surface area is 115 Å². The molecule has 96 valence electrons. The summed E-state index contributed by atoms with van der Waals surface area (Å²) in [6, 6.07) is 4.54. The van der Waals surface area contributed by atoms with Gasteiger partial charge in [-0.3, -0.25) is 0 Å². The van der Waals surface area contributed by atoms with Crippen LogP contribution in [0.5, 0.6) is 0 Å². The van der Waals surface area contributed by atoms with Crippen molar-refractivity contribution >= 4 is 22.9 Å². The van der Waals surface area contributed by atoms with Crippen molar-refractivity contribution in [1.29, 1.82) is 0 Å². The van der Waals surface area contributed by atoms with Gasteiger partial charge in [0.05, 0.1) is 10.7 Å².